The molecule has 1 aromatic carbocycles. The quantitative estimate of drug-likeness (QED) is 0.510. The van der Waals surface area contributed by atoms with Gasteiger partial charge in [-0.1, -0.05) is 24.3 Å². The summed E-state index contributed by atoms with van der Waals surface area (Å²) >= 11 is 0. The van der Waals surface area contributed by atoms with Gasteiger partial charge in [-0.25, -0.2) is 9.67 Å². The second-order valence-electron chi connectivity index (χ2n) is 8.73. The van der Waals surface area contributed by atoms with Gasteiger partial charge in [-0.2, -0.15) is 10.1 Å². The number of benzene rings is 1. The van der Waals surface area contributed by atoms with Crippen molar-refractivity contribution in [1.29, 1.82) is 0 Å². The average molecular weight is 417 g/mol. The van der Waals surface area contributed by atoms with Crippen LogP contribution in [0.1, 0.15) is 33.3 Å². The molecule has 0 bridgehead atoms. The monoisotopic (exact) mass is 417 g/mol. The lowest BCUT2D eigenvalue weighted by atomic mass is 9.76. The first-order valence-electron chi connectivity index (χ1n) is 10.2. The van der Waals surface area contributed by atoms with Crippen molar-refractivity contribution in [3.05, 3.63) is 54.4 Å². The molecule has 1 aliphatic heterocycles. The SMILES string of the molecule is CC1(C)OB(c2ccccc2Cn2ncc3c(-c4ccco4)nc(N)nc32)OC1(C)C. The van der Waals surface area contributed by atoms with E-state index in [1.165, 1.54) is 0 Å². The van der Waals surface area contributed by atoms with Crippen LogP contribution in [0.5, 0.6) is 0 Å². The zero-order valence-corrected chi connectivity index (χ0v) is 18.0. The maximum Gasteiger partial charge on any atom is 0.495 e. The molecule has 2 N–H and O–H groups in total. The van der Waals surface area contributed by atoms with Gasteiger partial charge < -0.3 is 19.5 Å². The molecule has 0 spiro atoms. The van der Waals surface area contributed by atoms with Crippen LogP contribution >= 0.6 is 0 Å². The van der Waals surface area contributed by atoms with Gasteiger partial charge in [-0.3, -0.25) is 0 Å². The van der Waals surface area contributed by atoms with Crippen LogP contribution in [-0.2, 0) is 15.9 Å². The molecule has 158 valence electrons. The van der Waals surface area contributed by atoms with Crippen molar-refractivity contribution < 1.29 is 13.7 Å². The minimum Gasteiger partial charge on any atom is -0.463 e. The first-order chi connectivity index (χ1) is 14.7. The molecule has 5 rings (SSSR count). The number of nitrogens with zero attached hydrogens (tertiary/aromatic N) is 4. The van der Waals surface area contributed by atoms with E-state index in [2.05, 4.69) is 15.1 Å². The van der Waals surface area contributed by atoms with E-state index in [1.54, 1.807) is 12.5 Å². The molecule has 0 aliphatic carbocycles. The molecule has 1 fully saturated rings. The standard InChI is InChI=1S/C22H24BN5O3/c1-21(2)22(3,4)31-23(30-21)16-9-6-5-8-14(16)13-28-19-15(12-25-28)18(26-20(24)27-19)17-10-7-11-29-17/h5-12H,13H2,1-4H3,(H2,24,26,27). The van der Waals surface area contributed by atoms with Crippen LogP contribution < -0.4 is 11.2 Å². The van der Waals surface area contributed by atoms with E-state index in [0.29, 0.717) is 23.6 Å². The molecule has 0 radical (unpaired) electrons. The summed E-state index contributed by atoms with van der Waals surface area (Å²) in [7, 11) is -0.457. The summed E-state index contributed by atoms with van der Waals surface area (Å²) in [4.78, 5) is 8.79. The molecule has 1 aliphatic rings. The summed E-state index contributed by atoms with van der Waals surface area (Å²) in [6.07, 6.45) is 3.34. The predicted octanol–water partition coefficient (Wildman–Crippen LogP) is 3.02. The first kappa shape index (κ1) is 19.8. The van der Waals surface area contributed by atoms with Gasteiger partial charge in [-0.05, 0) is 50.9 Å². The summed E-state index contributed by atoms with van der Waals surface area (Å²) < 4.78 is 19.9. The van der Waals surface area contributed by atoms with Crippen LogP contribution in [0.2, 0.25) is 0 Å². The third kappa shape index (κ3) is 3.30. The summed E-state index contributed by atoms with van der Waals surface area (Å²) in [5, 5.41) is 5.34. The van der Waals surface area contributed by atoms with Crippen molar-refractivity contribution in [3.8, 4) is 11.5 Å². The molecule has 1 saturated heterocycles. The number of anilines is 1. The van der Waals surface area contributed by atoms with Crippen LogP contribution in [0.15, 0.2) is 53.3 Å². The number of hydrogen-bond acceptors (Lipinski definition) is 7. The zero-order chi connectivity index (χ0) is 21.8. The highest BCUT2D eigenvalue weighted by molar-refractivity contribution is 6.62. The van der Waals surface area contributed by atoms with E-state index in [0.717, 1.165) is 16.4 Å². The Kier molecular flexibility index (Phi) is 4.42. The fraction of sp³-hybridized carbons (Fsp3) is 0.318. The molecule has 0 unspecified atom stereocenters. The third-order valence-corrected chi connectivity index (χ3v) is 6.15. The van der Waals surface area contributed by atoms with Crippen molar-refractivity contribution in [2.24, 2.45) is 0 Å². The lowest BCUT2D eigenvalue weighted by Gasteiger charge is -2.32. The van der Waals surface area contributed by atoms with Gasteiger partial charge in [0.05, 0.1) is 35.6 Å². The van der Waals surface area contributed by atoms with Crippen molar-refractivity contribution in [3.63, 3.8) is 0 Å². The Balaban J connectivity index is 1.54. The molecule has 8 nitrogen and oxygen atoms in total. The van der Waals surface area contributed by atoms with E-state index in [1.807, 2.05) is 68.8 Å². The number of hydrogen-bond donors (Lipinski definition) is 1. The Hall–Kier alpha value is -3.17. The molecule has 3 aromatic heterocycles. The summed E-state index contributed by atoms with van der Waals surface area (Å²) in [6.45, 7) is 8.68. The van der Waals surface area contributed by atoms with Crippen molar-refractivity contribution in [2.45, 2.75) is 45.4 Å². The smallest absolute Gasteiger partial charge is 0.463 e. The van der Waals surface area contributed by atoms with Crippen LogP contribution in [0.3, 0.4) is 0 Å². The lowest BCUT2D eigenvalue weighted by Crippen LogP contribution is -2.41. The number of aromatic nitrogens is 4. The highest BCUT2D eigenvalue weighted by Gasteiger charge is 2.52. The largest absolute Gasteiger partial charge is 0.495 e. The number of nitrogens with two attached hydrogens (primary N) is 1. The highest BCUT2D eigenvalue weighted by atomic mass is 16.7. The van der Waals surface area contributed by atoms with Gasteiger partial charge in [0.25, 0.3) is 0 Å². The predicted molar refractivity (Wildman–Crippen MR) is 119 cm³/mol. The van der Waals surface area contributed by atoms with Gasteiger partial charge >= 0.3 is 7.12 Å². The Morgan fingerprint density at radius 3 is 2.45 bits per heavy atom. The number of rotatable bonds is 4. The number of nitrogen functional groups attached to an aromatic ring is 1. The third-order valence-electron chi connectivity index (χ3n) is 6.15. The number of furan rings is 1. The summed E-state index contributed by atoms with van der Waals surface area (Å²) in [6, 6.07) is 11.7. The molecular weight excluding hydrogens is 393 g/mol. The van der Waals surface area contributed by atoms with Crippen LogP contribution in [0.4, 0.5) is 5.95 Å². The Morgan fingerprint density at radius 1 is 1.00 bits per heavy atom. The topological polar surface area (TPSA) is 101 Å². The Morgan fingerprint density at radius 2 is 1.74 bits per heavy atom. The van der Waals surface area contributed by atoms with Crippen LogP contribution in [0, 0.1) is 0 Å². The van der Waals surface area contributed by atoms with Crippen molar-refractivity contribution in [2.75, 3.05) is 5.73 Å². The first-order valence-corrected chi connectivity index (χ1v) is 10.2. The van der Waals surface area contributed by atoms with E-state index in [-0.39, 0.29) is 5.95 Å². The maximum absolute atomic E-state index is 6.27. The highest BCUT2D eigenvalue weighted by Crippen LogP contribution is 2.36. The Labute approximate surface area is 180 Å². The molecule has 9 heteroatoms. The molecule has 0 amide bonds. The van der Waals surface area contributed by atoms with Crippen LogP contribution in [-0.4, -0.2) is 38.1 Å². The molecule has 0 atom stereocenters. The summed E-state index contributed by atoms with van der Waals surface area (Å²) in [5.74, 6) is 0.788. The second kappa shape index (κ2) is 6.93. The van der Waals surface area contributed by atoms with Gasteiger partial charge in [0, 0.05) is 0 Å². The zero-order valence-electron chi connectivity index (χ0n) is 18.0. The molecule has 4 heterocycles. The van der Waals surface area contributed by atoms with Crippen molar-refractivity contribution >= 4 is 29.6 Å². The average Bonchev–Trinajstić information content (AvgIpc) is 3.41. The van der Waals surface area contributed by atoms with Crippen molar-refractivity contribution in [1.82, 2.24) is 19.7 Å². The van der Waals surface area contributed by atoms with Gasteiger partial charge in [-0.15, -0.1) is 0 Å². The fourth-order valence-electron chi connectivity index (χ4n) is 3.73. The molecule has 31 heavy (non-hydrogen) atoms. The summed E-state index contributed by atoms with van der Waals surface area (Å²) in [5.41, 5.74) is 8.43. The second-order valence-corrected chi connectivity index (χ2v) is 8.73. The Bertz CT molecular complexity index is 1230. The van der Waals surface area contributed by atoms with E-state index in [4.69, 9.17) is 19.5 Å². The van der Waals surface area contributed by atoms with Gasteiger partial charge in [0.2, 0.25) is 5.95 Å². The molecule has 4 aromatic rings. The van der Waals surface area contributed by atoms with Crippen LogP contribution in [0.25, 0.3) is 22.5 Å². The maximum atomic E-state index is 6.27. The lowest BCUT2D eigenvalue weighted by molar-refractivity contribution is 0.00578. The minimum absolute atomic E-state index is 0.167. The molecule has 0 saturated carbocycles. The minimum atomic E-state index is -0.457. The van der Waals surface area contributed by atoms with E-state index in [9.17, 15) is 0 Å². The van der Waals surface area contributed by atoms with E-state index < -0.39 is 18.3 Å². The normalized spacial score (nSPS) is 17.5. The fourth-order valence-corrected chi connectivity index (χ4v) is 3.73. The number of fused-ring (bicyclic) bond motifs is 1. The molecular formula is C22H24BN5O3. The van der Waals surface area contributed by atoms with Gasteiger partial charge in [0.1, 0.15) is 5.69 Å². The van der Waals surface area contributed by atoms with E-state index >= 15 is 0 Å². The van der Waals surface area contributed by atoms with Gasteiger partial charge in [0.15, 0.2) is 11.4 Å².